The number of ether oxygens (including phenoxy) is 1. The van der Waals surface area contributed by atoms with Crippen molar-refractivity contribution in [1.29, 1.82) is 0 Å². The molecule has 11 heteroatoms. The molecule has 0 radical (unpaired) electrons. The van der Waals surface area contributed by atoms with Crippen LogP contribution in [0.5, 0.6) is 0 Å². The molecule has 0 aliphatic carbocycles. The molecule has 0 spiro atoms. The van der Waals surface area contributed by atoms with Gasteiger partial charge in [0.25, 0.3) is 0 Å². The minimum atomic E-state index is -4.47. The summed E-state index contributed by atoms with van der Waals surface area (Å²) in [5.41, 5.74) is 0. The van der Waals surface area contributed by atoms with Gasteiger partial charge in [-0.15, -0.1) is 10.2 Å². The molecule has 0 aromatic carbocycles. The van der Waals surface area contributed by atoms with Gasteiger partial charge in [-0.2, -0.15) is 18.3 Å². The van der Waals surface area contributed by atoms with E-state index in [0.29, 0.717) is 42.7 Å². The molecule has 1 aliphatic heterocycles. The number of rotatable bonds is 2. The monoisotopic (exact) mass is 320 g/mol. The number of halogens is 3. The highest BCUT2D eigenvalue weighted by molar-refractivity contribution is 7.15. The fourth-order valence-electron chi connectivity index (χ4n) is 1.94. The maximum atomic E-state index is 12.6. The third-order valence-electron chi connectivity index (χ3n) is 2.90. The summed E-state index contributed by atoms with van der Waals surface area (Å²) in [6.45, 7) is 2.91. The zero-order valence-electron chi connectivity index (χ0n) is 10.9. The summed E-state index contributed by atoms with van der Waals surface area (Å²) in [6.07, 6.45) is -4.87. The maximum absolute atomic E-state index is 12.6. The number of aromatic nitrogens is 5. The van der Waals surface area contributed by atoms with Gasteiger partial charge in [-0.05, 0) is 6.92 Å². The van der Waals surface area contributed by atoms with Crippen molar-refractivity contribution in [3.05, 3.63) is 16.7 Å². The summed E-state index contributed by atoms with van der Waals surface area (Å²) >= 11 is 0.523. The summed E-state index contributed by atoms with van der Waals surface area (Å²) in [5, 5.41) is 12.8. The van der Waals surface area contributed by atoms with Crippen molar-refractivity contribution in [2.45, 2.75) is 19.2 Å². The van der Waals surface area contributed by atoms with Gasteiger partial charge < -0.3 is 9.64 Å². The number of alkyl halides is 3. The third-order valence-corrected chi connectivity index (χ3v) is 3.93. The highest BCUT2D eigenvalue weighted by Crippen LogP contribution is 2.35. The summed E-state index contributed by atoms with van der Waals surface area (Å²) in [7, 11) is 0. The van der Waals surface area contributed by atoms with E-state index >= 15 is 0 Å². The fourth-order valence-corrected chi connectivity index (χ4v) is 2.69. The summed E-state index contributed by atoms with van der Waals surface area (Å²) in [5.74, 6) is 1.14. The second kappa shape index (κ2) is 5.22. The molecule has 1 fully saturated rings. The first-order valence-corrected chi connectivity index (χ1v) is 6.91. The molecule has 0 amide bonds. The van der Waals surface area contributed by atoms with Crippen LogP contribution < -0.4 is 4.90 Å². The van der Waals surface area contributed by atoms with Gasteiger partial charge in [-0.1, -0.05) is 11.3 Å². The van der Waals surface area contributed by atoms with Crippen LogP contribution in [-0.2, 0) is 10.9 Å². The van der Waals surface area contributed by atoms with Crippen LogP contribution >= 0.6 is 11.3 Å². The normalized spacial score (nSPS) is 20.0. The van der Waals surface area contributed by atoms with Gasteiger partial charge in [-0.25, -0.2) is 4.98 Å². The summed E-state index contributed by atoms with van der Waals surface area (Å²) in [4.78, 5) is 5.88. The number of aryl methyl sites for hydroxylation is 1. The number of nitrogens with zero attached hydrogens (tertiary/aromatic N) is 5. The molecule has 21 heavy (non-hydrogen) atoms. The Morgan fingerprint density at radius 3 is 2.81 bits per heavy atom. The largest absolute Gasteiger partial charge is 0.445 e. The van der Waals surface area contributed by atoms with E-state index in [2.05, 4.69) is 25.4 Å². The SMILES string of the molecule is Cc1nc(C2CN(c3nnc(C(F)(F)F)s3)CCO2)n[nH]1. The quantitative estimate of drug-likeness (QED) is 0.904. The van der Waals surface area contributed by atoms with E-state index < -0.39 is 17.3 Å². The van der Waals surface area contributed by atoms with E-state index in [9.17, 15) is 13.2 Å². The van der Waals surface area contributed by atoms with Crippen LogP contribution in [0, 0.1) is 6.92 Å². The first-order chi connectivity index (χ1) is 9.93. The Morgan fingerprint density at radius 2 is 2.19 bits per heavy atom. The predicted octanol–water partition coefficient (Wildman–Crippen LogP) is 1.56. The number of nitrogens with one attached hydrogen (secondary N) is 1. The molecular weight excluding hydrogens is 309 g/mol. The number of hydrogen-bond donors (Lipinski definition) is 1. The molecular formula is C10H11F3N6OS. The van der Waals surface area contributed by atoms with Crippen molar-refractivity contribution in [2.24, 2.45) is 0 Å². The lowest BCUT2D eigenvalue weighted by molar-refractivity contribution is -0.138. The van der Waals surface area contributed by atoms with E-state index in [1.54, 1.807) is 11.8 Å². The molecule has 114 valence electrons. The zero-order chi connectivity index (χ0) is 15.0. The highest BCUT2D eigenvalue weighted by atomic mass is 32.1. The Labute approximate surface area is 121 Å². The van der Waals surface area contributed by atoms with Crippen molar-refractivity contribution in [2.75, 3.05) is 24.6 Å². The lowest BCUT2D eigenvalue weighted by Gasteiger charge is -2.30. The van der Waals surface area contributed by atoms with Crippen LogP contribution in [0.4, 0.5) is 18.3 Å². The lowest BCUT2D eigenvalue weighted by atomic mass is 10.2. The number of anilines is 1. The molecule has 0 bridgehead atoms. The average molecular weight is 320 g/mol. The number of aromatic amines is 1. The predicted molar refractivity (Wildman–Crippen MR) is 66.9 cm³/mol. The third kappa shape index (κ3) is 2.97. The molecule has 2 aromatic rings. The van der Waals surface area contributed by atoms with Crippen LogP contribution in [0.3, 0.4) is 0 Å². The maximum Gasteiger partial charge on any atom is 0.445 e. The Hall–Kier alpha value is -1.75. The Balaban J connectivity index is 1.75. The number of morpholine rings is 1. The second-order valence-corrected chi connectivity index (χ2v) is 5.43. The number of hydrogen-bond acceptors (Lipinski definition) is 7. The molecule has 1 unspecified atom stereocenters. The molecule has 3 rings (SSSR count). The minimum absolute atomic E-state index is 0.225. The molecule has 7 nitrogen and oxygen atoms in total. The number of H-pyrrole nitrogens is 1. The van der Waals surface area contributed by atoms with Crippen molar-refractivity contribution in [3.8, 4) is 0 Å². The molecule has 1 saturated heterocycles. The molecule has 1 atom stereocenters. The van der Waals surface area contributed by atoms with Gasteiger partial charge in [0.15, 0.2) is 5.82 Å². The van der Waals surface area contributed by atoms with E-state index in [1.807, 2.05) is 0 Å². The van der Waals surface area contributed by atoms with E-state index in [-0.39, 0.29) is 5.13 Å². The first kappa shape index (κ1) is 14.2. The molecule has 1 N–H and O–H groups in total. The van der Waals surface area contributed by atoms with Gasteiger partial charge >= 0.3 is 6.18 Å². The topological polar surface area (TPSA) is 79.8 Å². The van der Waals surface area contributed by atoms with Crippen molar-refractivity contribution in [3.63, 3.8) is 0 Å². The summed E-state index contributed by atoms with van der Waals surface area (Å²) < 4.78 is 43.2. The van der Waals surface area contributed by atoms with Crippen LogP contribution in [0.1, 0.15) is 22.8 Å². The van der Waals surface area contributed by atoms with Gasteiger partial charge in [-0.3, -0.25) is 5.10 Å². The average Bonchev–Trinajstić information content (AvgIpc) is 3.07. The fraction of sp³-hybridized carbons (Fsp3) is 0.600. The van der Waals surface area contributed by atoms with Crippen molar-refractivity contribution < 1.29 is 17.9 Å². The van der Waals surface area contributed by atoms with Crippen LogP contribution in [0.25, 0.3) is 0 Å². The Bertz CT molecular complexity index is 626. The molecule has 2 aromatic heterocycles. The van der Waals surface area contributed by atoms with Crippen LogP contribution in [-0.4, -0.2) is 45.1 Å². The van der Waals surface area contributed by atoms with Crippen molar-refractivity contribution in [1.82, 2.24) is 25.4 Å². The van der Waals surface area contributed by atoms with Gasteiger partial charge in [0.1, 0.15) is 11.9 Å². The standard InChI is InChI=1S/C10H11F3N6OS/c1-5-14-7(16-15-5)6-4-19(2-3-20-6)9-18-17-8(21-9)10(11,12)13/h6H,2-4H2,1H3,(H,14,15,16). The Morgan fingerprint density at radius 1 is 1.38 bits per heavy atom. The highest BCUT2D eigenvalue weighted by Gasteiger charge is 2.37. The van der Waals surface area contributed by atoms with Gasteiger partial charge in [0.2, 0.25) is 10.1 Å². The van der Waals surface area contributed by atoms with Gasteiger partial charge in [0, 0.05) is 6.54 Å². The Kier molecular flexibility index (Phi) is 3.53. The molecule has 0 saturated carbocycles. The minimum Gasteiger partial charge on any atom is -0.366 e. The van der Waals surface area contributed by atoms with E-state index in [1.165, 1.54) is 0 Å². The molecule has 1 aliphatic rings. The van der Waals surface area contributed by atoms with E-state index in [4.69, 9.17) is 4.74 Å². The molecule has 3 heterocycles. The van der Waals surface area contributed by atoms with Crippen molar-refractivity contribution >= 4 is 16.5 Å². The lowest BCUT2D eigenvalue weighted by Crippen LogP contribution is -2.38. The first-order valence-electron chi connectivity index (χ1n) is 6.09. The van der Waals surface area contributed by atoms with Crippen LogP contribution in [0.15, 0.2) is 0 Å². The smallest absolute Gasteiger partial charge is 0.366 e. The zero-order valence-corrected chi connectivity index (χ0v) is 11.7. The van der Waals surface area contributed by atoms with Gasteiger partial charge in [0.05, 0.1) is 13.2 Å². The second-order valence-electron chi connectivity index (χ2n) is 4.47. The van der Waals surface area contributed by atoms with E-state index in [0.717, 1.165) is 0 Å². The summed E-state index contributed by atoms with van der Waals surface area (Å²) in [6, 6.07) is 0. The van der Waals surface area contributed by atoms with Crippen LogP contribution in [0.2, 0.25) is 0 Å².